The van der Waals surface area contributed by atoms with E-state index in [1.807, 2.05) is 35.8 Å². The van der Waals surface area contributed by atoms with Gasteiger partial charge >= 0.3 is 5.97 Å². The lowest BCUT2D eigenvalue weighted by Gasteiger charge is -2.09. The van der Waals surface area contributed by atoms with Crippen molar-refractivity contribution in [3.8, 4) is 5.75 Å². The first kappa shape index (κ1) is 18.1. The molecule has 2 aromatic rings. The fraction of sp³-hybridized carbons (Fsp3) is 0.353. The number of carbonyl (C=O) groups is 1. The van der Waals surface area contributed by atoms with Gasteiger partial charge < -0.3 is 9.47 Å². The van der Waals surface area contributed by atoms with Crippen molar-refractivity contribution in [1.82, 2.24) is 14.8 Å². The molecular formula is C17H21N3O3S. The molecule has 7 heteroatoms. The van der Waals surface area contributed by atoms with Crippen LogP contribution < -0.4 is 4.74 Å². The molecule has 0 N–H and O–H groups in total. The van der Waals surface area contributed by atoms with Crippen LogP contribution in [0.3, 0.4) is 0 Å². The molecule has 0 saturated heterocycles. The second kappa shape index (κ2) is 9.12. The summed E-state index contributed by atoms with van der Waals surface area (Å²) in [6.45, 7) is 8.77. The van der Waals surface area contributed by atoms with Gasteiger partial charge in [0.15, 0.2) is 11.0 Å². The van der Waals surface area contributed by atoms with Gasteiger partial charge in [-0.2, -0.15) is 0 Å². The third kappa shape index (κ3) is 5.13. The topological polar surface area (TPSA) is 66.2 Å². The number of allylic oxidation sites excluding steroid dienone is 1. The van der Waals surface area contributed by atoms with Gasteiger partial charge in [0.1, 0.15) is 12.4 Å². The highest BCUT2D eigenvalue weighted by Crippen LogP contribution is 2.19. The Morgan fingerprint density at radius 3 is 2.75 bits per heavy atom. The molecule has 6 nitrogen and oxygen atoms in total. The number of thioether (sulfide) groups is 1. The van der Waals surface area contributed by atoms with E-state index in [0.717, 1.165) is 5.75 Å². The predicted molar refractivity (Wildman–Crippen MR) is 93.1 cm³/mol. The maximum Gasteiger partial charge on any atom is 0.316 e. The normalized spacial score (nSPS) is 10.4. The smallest absolute Gasteiger partial charge is 0.316 e. The Hall–Kier alpha value is -2.28. The zero-order valence-corrected chi connectivity index (χ0v) is 14.7. The molecule has 0 amide bonds. The Morgan fingerprint density at radius 2 is 2.08 bits per heavy atom. The number of esters is 1. The van der Waals surface area contributed by atoms with Gasteiger partial charge in [0, 0.05) is 6.54 Å². The van der Waals surface area contributed by atoms with E-state index < -0.39 is 0 Å². The van der Waals surface area contributed by atoms with E-state index in [0.29, 0.717) is 30.7 Å². The Morgan fingerprint density at radius 1 is 1.33 bits per heavy atom. The first-order chi connectivity index (χ1) is 11.6. The average Bonchev–Trinajstić information content (AvgIpc) is 2.95. The van der Waals surface area contributed by atoms with Crippen LogP contribution in [0.5, 0.6) is 5.75 Å². The van der Waals surface area contributed by atoms with E-state index in [4.69, 9.17) is 9.47 Å². The summed E-state index contributed by atoms with van der Waals surface area (Å²) in [6, 6.07) is 7.81. The van der Waals surface area contributed by atoms with Gasteiger partial charge in [-0.05, 0) is 26.0 Å². The Kier molecular flexibility index (Phi) is 6.87. The minimum Gasteiger partial charge on any atom is -0.486 e. The maximum absolute atomic E-state index is 11.5. The highest BCUT2D eigenvalue weighted by Gasteiger charge is 2.14. The fourth-order valence-electron chi connectivity index (χ4n) is 1.95. The number of hydrogen-bond acceptors (Lipinski definition) is 6. The molecule has 0 unspecified atom stereocenters. The van der Waals surface area contributed by atoms with Crippen molar-refractivity contribution in [2.45, 2.75) is 32.2 Å². The summed E-state index contributed by atoms with van der Waals surface area (Å²) >= 11 is 1.29. The largest absolute Gasteiger partial charge is 0.486 e. The lowest BCUT2D eigenvalue weighted by molar-refractivity contribution is -0.139. The summed E-state index contributed by atoms with van der Waals surface area (Å²) in [5.41, 5.74) is 1.18. The summed E-state index contributed by atoms with van der Waals surface area (Å²) in [4.78, 5) is 11.5. The molecule has 0 atom stereocenters. The Balaban J connectivity index is 2.02. The number of aromatic nitrogens is 3. The van der Waals surface area contributed by atoms with Crippen LogP contribution >= 0.6 is 11.8 Å². The monoisotopic (exact) mass is 347 g/mol. The van der Waals surface area contributed by atoms with Crippen LogP contribution in [-0.4, -0.2) is 33.1 Å². The number of rotatable bonds is 9. The number of hydrogen-bond donors (Lipinski definition) is 0. The summed E-state index contributed by atoms with van der Waals surface area (Å²) < 4.78 is 12.6. The molecule has 128 valence electrons. The molecule has 2 rings (SSSR count). The van der Waals surface area contributed by atoms with Crippen LogP contribution in [0.15, 0.2) is 42.1 Å². The quantitative estimate of drug-likeness (QED) is 0.395. The molecule has 0 radical (unpaired) electrons. The van der Waals surface area contributed by atoms with Crippen molar-refractivity contribution in [3.63, 3.8) is 0 Å². The molecule has 0 aliphatic rings. The third-order valence-electron chi connectivity index (χ3n) is 3.12. The molecular weight excluding hydrogens is 326 g/mol. The second-order valence-corrected chi connectivity index (χ2v) is 5.94. The molecule has 1 heterocycles. The van der Waals surface area contributed by atoms with E-state index in [1.165, 1.54) is 17.3 Å². The standard InChI is InChI=1S/C17H21N3O3S/c1-4-10-20-15(11-23-14-8-6-13(3)7-9-14)18-19-17(20)24-12-16(21)22-5-2/h4,6-9H,1,5,10-12H2,2-3H3. The van der Waals surface area contributed by atoms with Gasteiger partial charge in [-0.25, -0.2) is 0 Å². The van der Waals surface area contributed by atoms with Crippen LogP contribution in [0.1, 0.15) is 18.3 Å². The molecule has 0 aliphatic heterocycles. The van der Waals surface area contributed by atoms with Crippen molar-refractivity contribution in [2.75, 3.05) is 12.4 Å². The van der Waals surface area contributed by atoms with Gasteiger partial charge in [0.05, 0.1) is 12.4 Å². The highest BCUT2D eigenvalue weighted by molar-refractivity contribution is 7.99. The van der Waals surface area contributed by atoms with Gasteiger partial charge in [0.2, 0.25) is 0 Å². The Labute approximate surface area is 145 Å². The third-order valence-corrected chi connectivity index (χ3v) is 4.06. The van der Waals surface area contributed by atoms with Crippen molar-refractivity contribution < 1.29 is 14.3 Å². The molecule has 0 aliphatic carbocycles. The molecule has 0 fully saturated rings. The fourth-order valence-corrected chi connectivity index (χ4v) is 2.72. The lowest BCUT2D eigenvalue weighted by Crippen LogP contribution is -2.10. The van der Waals surface area contributed by atoms with Gasteiger partial charge in [-0.15, -0.1) is 16.8 Å². The molecule has 1 aromatic heterocycles. The van der Waals surface area contributed by atoms with Gasteiger partial charge in [-0.1, -0.05) is 35.5 Å². The molecule has 0 saturated carbocycles. The van der Waals surface area contributed by atoms with Crippen LogP contribution in [0.4, 0.5) is 0 Å². The number of benzene rings is 1. The number of nitrogens with zero attached hydrogens (tertiary/aromatic N) is 3. The van der Waals surface area contributed by atoms with Crippen LogP contribution in [0, 0.1) is 6.92 Å². The summed E-state index contributed by atoms with van der Waals surface area (Å²) in [7, 11) is 0. The van der Waals surface area contributed by atoms with E-state index in [2.05, 4.69) is 16.8 Å². The molecule has 1 aromatic carbocycles. The lowest BCUT2D eigenvalue weighted by atomic mass is 10.2. The van der Waals surface area contributed by atoms with Gasteiger partial charge in [0.25, 0.3) is 0 Å². The zero-order chi connectivity index (χ0) is 17.4. The maximum atomic E-state index is 11.5. The molecule has 24 heavy (non-hydrogen) atoms. The van der Waals surface area contributed by atoms with Crippen molar-refractivity contribution in [1.29, 1.82) is 0 Å². The average molecular weight is 347 g/mol. The van der Waals surface area contributed by atoms with Crippen molar-refractivity contribution >= 4 is 17.7 Å². The minimum absolute atomic E-state index is 0.196. The number of carbonyl (C=O) groups excluding carboxylic acids is 1. The SMILES string of the molecule is C=CCn1c(COc2ccc(C)cc2)nnc1SCC(=O)OCC. The van der Waals surface area contributed by atoms with Crippen molar-refractivity contribution in [3.05, 3.63) is 48.3 Å². The Bertz CT molecular complexity index is 683. The minimum atomic E-state index is -0.270. The van der Waals surface area contributed by atoms with Crippen LogP contribution in [0.25, 0.3) is 0 Å². The van der Waals surface area contributed by atoms with E-state index in [1.54, 1.807) is 13.0 Å². The van der Waals surface area contributed by atoms with Crippen LogP contribution in [0.2, 0.25) is 0 Å². The first-order valence-corrected chi connectivity index (χ1v) is 8.63. The summed E-state index contributed by atoms with van der Waals surface area (Å²) in [5.74, 6) is 1.38. The number of aryl methyl sites for hydroxylation is 1. The second-order valence-electron chi connectivity index (χ2n) is 4.99. The van der Waals surface area contributed by atoms with E-state index >= 15 is 0 Å². The molecule has 0 spiro atoms. The van der Waals surface area contributed by atoms with Crippen LogP contribution in [-0.2, 0) is 22.7 Å². The highest BCUT2D eigenvalue weighted by atomic mass is 32.2. The number of ether oxygens (including phenoxy) is 2. The van der Waals surface area contributed by atoms with Crippen molar-refractivity contribution in [2.24, 2.45) is 0 Å². The summed E-state index contributed by atoms with van der Waals surface area (Å²) in [6.07, 6.45) is 1.76. The summed E-state index contributed by atoms with van der Waals surface area (Å²) in [5, 5.41) is 8.94. The van der Waals surface area contributed by atoms with Gasteiger partial charge in [-0.3, -0.25) is 9.36 Å². The molecule has 0 bridgehead atoms. The predicted octanol–water partition coefficient (Wildman–Crippen LogP) is 3.01. The zero-order valence-electron chi connectivity index (χ0n) is 13.9. The van der Waals surface area contributed by atoms with E-state index in [9.17, 15) is 4.79 Å². The van der Waals surface area contributed by atoms with E-state index in [-0.39, 0.29) is 11.7 Å². The first-order valence-electron chi connectivity index (χ1n) is 7.65.